The SMILES string of the molecule is N=Cc1c(N)cc(Cl)cc1N1CCC2(CCNCC2)CC1. The summed E-state index contributed by atoms with van der Waals surface area (Å²) in [7, 11) is 0. The molecular weight excluding hydrogens is 284 g/mol. The molecule has 2 aliphatic heterocycles. The first-order chi connectivity index (χ1) is 10.1. The number of nitrogens with two attached hydrogens (primary N) is 1. The Bertz CT molecular complexity index is 527. The third kappa shape index (κ3) is 2.87. The lowest BCUT2D eigenvalue weighted by molar-refractivity contribution is 0.155. The molecule has 2 fully saturated rings. The molecule has 0 aliphatic carbocycles. The minimum atomic E-state index is 0.525. The number of benzene rings is 1. The maximum atomic E-state index is 7.62. The second kappa shape index (κ2) is 5.85. The zero-order valence-corrected chi connectivity index (χ0v) is 13.0. The molecule has 0 radical (unpaired) electrons. The minimum absolute atomic E-state index is 0.525. The number of halogens is 1. The van der Waals surface area contributed by atoms with E-state index in [9.17, 15) is 0 Å². The molecule has 0 aromatic heterocycles. The van der Waals surface area contributed by atoms with Crippen LogP contribution in [0.15, 0.2) is 12.1 Å². The maximum absolute atomic E-state index is 7.62. The number of hydrogen-bond donors (Lipinski definition) is 3. The summed E-state index contributed by atoms with van der Waals surface area (Å²) in [6, 6.07) is 3.67. The molecular formula is C16H23ClN4. The topological polar surface area (TPSA) is 65.1 Å². The van der Waals surface area contributed by atoms with E-state index in [0.717, 1.165) is 37.4 Å². The highest BCUT2D eigenvalue weighted by atomic mass is 35.5. The Balaban J connectivity index is 1.79. The van der Waals surface area contributed by atoms with Crippen molar-refractivity contribution in [2.45, 2.75) is 25.7 Å². The van der Waals surface area contributed by atoms with E-state index >= 15 is 0 Å². The minimum Gasteiger partial charge on any atom is -0.398 e. The lowest BCUT2D eigenvalue weighted by Crippen LogP contribution is -2.45. The Labute approximate surface area is 131 Å². The van der Waals surface area contributed by atoms with Crippen LogP contribution < -0.4 is 16.0 Å². The van der Waals surface area contributed by atoms with Gasteiger partial charge in [-0.1, -0.05) is 11.6 Å². The van der Waals surface area contributed by atoms with Crippen molar-refractivity contribution in [3.63, 3.8) is 0 Å². The molecule has 2 heterocycles. The van der Waals surface area contributed by atoms with Gasteiger partial charge < -0.3 is 21.4 Å². The highest BCUT2D eigenvalue weighted by Crippen LogP contribution is 2.41. The first-order valence-electron chi connectivity index (χ1n) is 7.69. The van der Waals surface area contributed by atoms with Crippen molar-refractivity contribution in [2.24, 2.45) is 5.41 Å². The second-order valence-corrected chi connectivity index (χ2v) is 6.75. The van der Waals surface area contributed by atoms with E-state index in [-0.39, 0.29) is 0 Å². The molecule has 0 bridgehead atoms. The predicted octanol–water partition coefficient (Wildman–Crippen LogP) is 2.89. The smallest absolute Gasteiger partial charge is 0.0491 e. The number of nitrogen functional groups attached to an aromatic ring is 1. The van der Waals surface area contributed by atoms with Gasteiger partial charge in [0.2, 0.25) is 0 Å². The van der Waals surface area contributed by atoms with Crippen molar-refractivity contribution in [1.82, 2.24) is 5.32 Å². The molecule has 4 nitrogen and oxygen atoms in total. The first kappa shape index (κ1) is 14.7. The molecule has 1 aromatic rings. The molecule has 5 heteroatoms. The van der Waals surface area contributed by atoms with Crippen LogP contribution in [-0.4, -0.2) is 32.4 Å². The van der Waals surface area contributed by atoms with Crippen LogP contribution in [0.3, 0.4) is 0 Å². The van der Waals surface area contributed by atoms with Gasteiger partial charge in [-0.05, 0) is 56.3 Å². The van der Waals surface area contributed by atoms with Gasteiger partial charge in [-0.15, -0.1) is 0 Å². The Morgan fingerprint density at radius 2 is 1.86 bits per heavy atom. The summed E-state index contributed by atoms with van der Waals surface area (Å²) in [5.41, 5.74) is 8.93. The van der Waals surface area contributed by atoms with Gasteiger partial charge in [0.15, 0.2) is 0 Å². The average Bonchev–Trinajstić information content (AvgIpc) is 2.48. The van der Waals surface area contributed by atoms with Crippen molar-refractivity contribution < 1.29 is 0 Å². The first-order valence-corrected chi connectivity index (χ1v) is 8.07. The summed E-state index contributed by atoms with van der Waals surface area (Å²) in [6.45, 7) is 4.35. The van der Waals surface area contributed by atoms with Crippen molar-refractivity contribution in [1.29, 1.82) is 5.41 Å². The van der Waals surface area contributed by atoms with E-state index in [4.69, 9.17) is 22.7 Å². The fourth-order valence-electron chi connectivity index (χ4n) is 3.72. The zero-order valence-electron chi connectivity index (χ0n) is 12.3. The lowest BCUT2D eigenvalue weighted by Gasteiger charge is -2.45. The van der Waals surface area contributed by atoms with Gasteiger partial charge in [0, 0.05) is 41.3 Å². The summed E-state index contributed by atoms with van der Waals surface area (Å²) in [5.74, 6) is 0. The average molecular weight is 307 g/mol. The van der Waals surface area contributed by atoms with Crippen LogP contribution >= 0.6 is 11.6 Å². The maximum Gasteiger partial charge on any atom is 0.0491 e. The monoisotopic (exact) mass is 306 g/mol. The van der Waals surface area contributed by atoms with Crippen LogP contribution in [-0.2, 0) is 0 Å². The second-order valence-electron chi connectivity index (χ2n) is 6.31. The quantitative estimate of drug-likeness (QED) is 0.581. The van der Waals surface area contributed by atoms with Crippen molar-refractivity contribution in [3.05, 3.63) is 22.7 Å². The third-order valence-electron chi connectivity index (χ3n) is 5.13. The van der Waals surface area contributed by atoms with E-state index in [2.05, 4.69) is 10.2 Å². The van der Waals surface area contributed by atoms with E-state index in [1.807, 2.05) is 6.07 Å². The Morgan fingerprint density at radius 1 is 1.19 bits per heavy atom. The molecule has 2 saturated heterocycles. The molecule has 2 aliphatic rings. The standard InChI is InChI=1S/C16H23ClN4/c17-12-9-14(19)13(11-18)15(10-12)21-7-3-16(4-8-21)1-5-20-6-2-16/h9-11,18,20H,1-8,19H2. The van der Waals surface area contributed by atoms with Crippen LogP contribution in [0, 0.1) is 10.8 Å². The molecule has 114 valence electrons. The van der Waals surface area contributed by atoms with E-state index < -0.39 is 0 Å². The lowest BCUT2D eigenvalue weighted by atomic mass is 9.71. The van der Waals surface area contributed by atoms with E-state index in [0.29, 0.717) is 16.1 Å². The van der Waals surface area contributed by atoms with Crippen LogP contribution in [0.25, 0.3) is 0 Å². The third-order valence-corrected chi connectivity index (χ3v) is 5.35. The summed E-state index contributed by atoms with van der Waals surface area (Å²) < 4.78 is 0. The molecule has 0 unspecified atom stereocenters. The number of nitrogens with one attached hydrogen (secondary N) is 2. The van der Waals surface area contributed by atoms with Gasteiger partial charge in [0.25, 0.3) is 0 Å². The van der Waals surface area contributed by atoms with Crippen LogP contribution in [0.1, 0.15) is 31.2 Å². The fourth-order valence-corrected chi connectivity index (χ4v) is 3.94. The van der Waals surface area contributed by atoms with Crippen molar-refractivity contribution in [3.8, 4) is 0 Å². The van der Waals surface area contributed by atoms with Gasteiger partial charge in [-0.2, -0.15) is 0 Å². The fraction of sp³-hybridized carbons (Fsp3) is 0.562. The summed E-state index contributed by atoms with van der Waals surface area (Å²) in [5, 5.41) is 11.7. The number of nitrogens with zero attached hydrogens (tertiary/aromatic N) is 1. The molecule has 21 heavy (non-hydrogen) atoms. The van der Waals surface area contributed by atoms with Crippen LogP contribution in [0.2, 0.25) is 5.02 Å². The van der Waals surface area contributed by atoms with Crippen LogP contribution in [0.5, 0.6) is 0 Å². The highest BCUT2D eigenvalue weighted by Gasteiger charge is 2.35. The van der Waals surface area contributed by atoms with Crippen molar-refractivity contribution in [2.75, 3.05) is 36.8 Å². The number of hydrogen-bond acceptors (Lipinski definition) is 4. The molecule has 0 atom stereocenters. The molecule has 1 spiro atoms. The number of anilines is 2. The van der Waals surface area contributed by atoms with Gasteiger partial charge in [0.1, 0.15) is 0 Å². The van der Waals surface area contributed by atoms with Gasteiger partial charge >= 0.3 is 0 Å². The number of rotatable bonds is 2. The normalized spacial score (nSPS) is 21.5. The van der Waals surface area contributed by atoms with E-state index in [1.165, 1.54) is 31.9 Å². The van der Waals surface area contributed by atoms with Crippen molar-refractivity contribution >= 4 is 29.2 Å². The Morgan fingerprint density at radius 3 is 2.48 bits per heavy atom. The zero-order chi connectivity index (χ0) is 14.9. The summed E-state index contributed by atoms with van der Waals surface area (Å²) in [6.07, 6.45) is 6.36. The Hall–Kier alpha value is -1.26. The Kier molecular flexibility index (Phi) is 4.09. The van der Waals surface area contributed by atoms with Gasteiger partial charge in [-0.3, -0.25) is 0 Å². The predicted molar refractivity (Wildman–Crippen MR) is 89.7 cm³/mol. The van der Waals surface area contributed by atoms with Gasteiger partial charge in [-0.25, -0.2) is 0 Å². The van der Waals surface area contributed by atoms with E-state index in [1.54, 1.807) is 6.07 Å². The molecule has 0 amide bonds. The van der Waals surface area contributed by atoms with Gasteiger partial charge in [0.05, 0.1) is 0 Å². The highest BCUT2D eigenvalue weighted by molar-refractivity contribution is 6.31. The molecule has 4 N–H and O–H groups in total. The molecule has 3 rings (SSSR count). The summed E-state index contributed by atoms with van der Waals surface area (Å²) >= 11 is 6.15. The molecule has 0 saturated carbocycles. The molecule has 1 aromatic carbocycles. The number of piperidine rings is 2. The summed E-state index contributed by atoms with van der Waals surface area (Å²) in [4.78, 5) is 2.34. The van der Waals surface area contributed by atoms with Crippen LogP contribution in [0.4, 0.5) is 11.4 Å². The largest absolute Gasteiger partial charge is 0.398 e.